The molecule has 1 atom stereocenters. The van der Waals surface area contributed by atoms with E-state index in [4.69, 9.17) is 23.2 Å². The van der Waals surface area contributed by atoms with Crippen molar-refractivity contribution in [2.24, 2.45) is 5.92 Å². The van der Waals surface area contributed by atoms with Crippen LogP contribution in [0.5, 0.6) is 0 Å². The number of nitrogens with one attached hydrogen (secondary N) is 3. The van der Waals surface area contributed by atoms with Gasteiger partial charge in [0.15, 0.2) is 0 Å². The highest BCUT2D eigenvalue weighted by Gasteiger charge is 2.32. The van der Waals surface area contributed by atoms with Crippen molar-refractivity contribution in [2.75, 3.05) is 25.0 Å². The fourth-order valence-corrected chi connectivity index (χ4v) is 3.27. The van der Waals surface area contributed by atoms with E-state index in [0.29, 0.717) is 35.2 Å². The Bertz CT molecular complexity index is 712. The van der Waals surface area contributed by atoms with Crippen molar-refractivity contribution in [3.63, 3.8) is 0 Å². The van der Waals surface area contributed by atoms with E-state index in [9.17, 15) is 14.4 Å². The van der Waals surface area contributed by atoms with Crippen LogP contribution in [0, 0.1) is 5.92 Å². The molecule has 1 aliphatic rings. The van der Waals surface area contributed by atoms with E-state index in [1.54, 1.807) is 23.1 Å². The first kappa shape index (κ1) is 21.5. The molecular formula is C18H24Cl2N4O3. The van der Waals surface area contributed by atoms with Gasteiger partial charge >= 0.3 is 6.03 Å². The molecule has 1 aromatic rings. The SMILES string of the molecule is CC(C)CNC(=O)NC(=O)CN1CCCC1C(=O)Nc1ccc(Cl)cc1Cl. The van der Waals surface area contributed by atoms with Crippen LogP contribution < -0.4 is 16.0 Å². The zero-order valence-corrected chi connectivity index (χ0v) is 16.9. The average Bonchev–Trinajstić information content (AvgIpc) is 3.03. The van der Waals surface area contributed by atoms with Gasteiger partial charge in [0, 0.05) is 11.6 Å². The Labute approximate surface area is 168 Å². The van der Waals surface area contributed by atoms with E-state index in [-0.39, 0.29) is 18.4 Å². The minimum Gasteiger partial charge on any atom is -0.338 e. The van der Waals surface area contributed by atoms with Gasteiger partial charge in [-0.05, 0) is 43.5 Å². The van der Waals surface area contributed by atoms with Gasteiger partial charge in [0.1, 0.15) is 0 Å². The summed E-state index contributed by atoms with van der Waals surface area (Å²) in [5.41, 5.74) is 0.468. The van der Waals surface area contributed by atoms with Crippen LogP contribution in [0.1, 0.15) is 26.7 Å². The largest absolute Gasteiger partial charge is 0.338 e. The molecule has 0 bridgehead atoms. The van der Waals surface area contributed by atoms with Crippen molar-refractivity contribution in [1.29, 1.82) is 0 Å². The van der Waals surface area contributed by atoms with E-state index in [1.165, 1.54) is 0 Å². The Balaban J connectivity index is 1.89. The molecule has 1 fully saturated rings. The van der Waals surface area contributed by atoms with Gasteiger partial charge in [-0.3, -0.25) is 19.8 Å². The fraction of sp³-hybridized carbons (Fsp3) is 0.500. The lowest BCUT2D eigenvalue weighted by atomic mass is 10.2. The monoisotopic (exact) mass is 414 g/mol. The molecule has 2 rings (SSSR count). The second-order valence-electron chi connectivity index (χ2n) is 6.89. The molecule has 0 spiro atoms. The van der Waals surface area contributed by atoms with Crippen molar-refractivity contribution in [3.8, 4) is 0 Å². The number of likely N-dealkylation sites (tertiary alicyclic amines) is 1. The summed E-state index contributed by atoms with van der Waals surface area (Å²) in [6.07, 6.45) is 1.42. The summed E-state index contributed by atoms with van der Waals surface area (Å²) in [6.45, 7) is 4.98. The van der Waals surface area contributed by atoms with Gasteiger partial charge in [0.2, 0.25) is 11.8 Å². The van der Waals surface area contributed by atoms with E-state index >= 15 is 0 Å². The van der Waals surface area contributed by atoms with Gasteiger partial charge in [0.25, 0.3) is 0 Å². The maximum absolute atomic E-state index is 12.6. The van der Waals surface area contributed by atoms with E-state index in [0.717, 1.165) is 6.42 Å². The number of nitrogens with zero attached hydrogens (tertiary/aromatic N) is 1. The predicted octanol–water partition coefficient (Wildman–Crippen LogP) is 2.88. The molecule has 1 aromatic carbocycles. The number of benzene rings is 1. The van der Waals surface area contributed by atoms with Crippen molar-refractivity contribution in [3.05, 3.63) is 28.2 Å². The standard InChI is InChI=1S/C18H24Cl2N4O3/c1-11(2)9-21-18(27)23-16(25)10-24-7-3-4-15(24)17(26)22-14-6-5-12(19)8-13(14)20/h5-6,8,11,15H,3-4,7,9-10H2,1-2H3,(H,22,26)(H2,21,23,25,27). The molecule has 1 saturated heterocycles. The summed E-state index contributed by atoms with van der Waals surface area (Å²) in [6, 6.07) is 3.84. The zero-order chi connectivity index (χ0) is 20.0. The Morgan fingerprint density at radius 2 is 2.00 bits per heavy atom. The highest BCUT2D eigenvalue weighted by Crippen LogP contribution is 2.26. The summed E-state index contributed by atoms with van der Waals surface area (Å²) in [5, 5.41) is 8.51. The molecule has 0 saturated carbocycles. The van der Waals surface area contributed by atoms with Gasteiger partial charge in [-0.2, -0.15) is 0 Å². The van der Waals surface area contributed by atoms with E-state index < -0.39 is 18.0 Å². The quantitative estimate of drug-likeness (QED) is 0.667. The van der Waals surface area contributed by atoms with Crippen molar-refractivity contribution in [2.45, 2.75) is 32.7 Å². The number of hydrogen-bond acceptors (Lipinski definition) is 4. The Morgan fingerprint density at radius 3 is 2.67 bits per heavy atom. The number of imide groups is 1. The first-order chi connectivity index (χ1) is 12.8. The van der Waals surface area contributed by atoms with E-state index in [1.807, 2.05) is 13.8 Å². The summed E-state index contributed by atoms with van der Waals surface area (Å²) in [7, 11) is 0. The number of carbonyl (C=O) groups is 3. The van der Waals surface area contributed by atoms with Crippen molar-refractivity contribution < 1.29 is 14.4 Å². The summed E-state index contributed by atoms with van der Waals surface area (Å²) >= 11 is 11.9. The lowest BCUT2D eigenvalue weighted by Gasteiger charge is -2.23. The van der Waals surface area contributed by atoms with Crippen LogP contribution in [0.2, 0.25) is 10.0 Å². The number of rotatable bonds is 6. The van der Waals surface area contributed by atoms with Gasteiger partial charge in [-0.15, -0.1) is 0 Å². The highest BCUT2D eigenvalue weighted by molar-refractivity contribution is 6.36. The first-order valence-corrected chi connectivity index (χ1v) is 9.59. The molecule has 27 heavy (non-hydrogen) atoms. The van der Waals surface area contributed by atoms with Crippen LogP contribution in [0.3, 0.4) is 0 Å². The number of halogens is 2. The molecule has 1 aliphatic heterocycles. The topological polar surface area (TPSA) is 90.5 Å². The molecule has 7 nitrogen and oxygen atoms in total. The normalized spacial score (nSPS) is 17.0. The summed E-state index contributed by atoms with van der Waals surface area (Å²) in [4.78, 5) is 38.1. The van der Waals surface area contributed by atoms with Crippen LogP contribution in [0.4, 0.5) is 10.5 Å². The predicted molar refractivity (Wildman–Crippen MR) is 106 cm³/mol. The van der Waals surface area contributed by atoms with Gasteiger partial charge < -0.3 is 10.6 Å². The second-order valence-corrected chi connectivity index (χ2v) is 7.74. The zero-order valence-electron chi connectivity index (χ0n) is 15.4. The molecule has 0 aliphatic carbocycles. The molecule has 0 radical (unpaired) electrons. The molecule has 4 amide bonds. The Morgan fingerprint density at radius 1 is 1.26 bits per heavy atom. The molecular weight excluding hydrogens is 391 g/mol. The lowest BCUT2D eigenvalue weighted by molar-refractivity contribution is -0.124. The Hall–Kier alpha value is -1.83. The number of anilines is 1. The smallest absolute Gasteiger partial charge is 0.321 e. The Kier molecular flexibility index (Phi) is 7.89. The van der Waals surface area contributed by atoms with Crippen molar-refractivity contribution >= 4 is 46.7 Å². The van der Waals surface area contributed by atoms with E-state index in [2.05, 4.69) is 16.0 Å². The average molecular weight is 415 g/mol. The maximum Gasteiger partial charge on any atom is 0.321 e. The fourth-order valence-electron chi connectivity index (χ4n) is 2.81. The minimum absolute atomic E-state index is 0.0263. The van der Waals surface area contributed by atoms with Crippen molar-refractivity contribution in [1.82, 2.24) is 15.5 Å². The van der Waals surface area contributed by atoms with Gasteiger partial charge in [-0.1, -0.05) is 37.0 Å². The molecule has 9 heteroatoms. The second kappa shape index (κ2) is 9.92. The molecule has 1 heterocycles. The third kappa shape index (κ3) is 6.68. The third-order valence-electron chi connectivity index (χ3n) is 4.13. The number of hydrogen-bond donors (Lipinski definition) is 3. The van der Waals surface area contributed by atoms with Gasteiger partial charge in [-0.25, -0.2) is 4.79 Å². The van der Waals surface area contributed by atoms with Crippen LogP contribution in [0.15, 0.2) is 18.2 Å². The maximum atomic E-state index is 12.6. The van der Waals surface area contributed by atoms with Crippen LogP contribution >= 0.6 is 23.2 Å². The van der Waals surface area contributed by atoms with Crippen LogP contribution in [-0.2, 0) is 9.59 Å². The van der Waals surface area contributed by atoms with Gasteiger partial charge in [0.05, 0.1) is 23.3 Å². The molecule has 0 aromatic heterocycles. The van der Waals surface area contributed by atoms with Crippen LogP contribution in [-0.4, -0.2) is 48.4 Å². The summed E-state index contributed by atoms with van der Waals surface area (Å²) < 4.78 is 0. The third-order valence-corrected chi connectivity index (χ3v) is 4.67. The molecule has 3 N–H and O–H groups in total. The molecule has 148 valence electrons. The van der Waals surface area contributed by atoms with Crippen LogP contribution in [0.25, 0.3) is 0 Å². The lowest BCUT2D eigenvalue weighted by Crippen LogP contribution is -2.48. The first-order valence-electron chi connectivity index (χ1n) is 8.84. The minimum atomic E-state index is -0.526. The molecule has 1 unspecified atom stereocenters. The number of urea groups is 1. The number of carbonyl (C=O) groups excluding carboxylic acids is 3. The highest BCUT2D eigenvalue weighted by atomic mass is 35.5. The number of amides is 4. The summed E-state index contributed by atoms with van der Waals surface area (Å²) in [5.74, 6) is -0.397.